The highest BCUT2D eigenvalue weighted by Crippen LogP contribution is 2.21. The number of aliphatic hydroxyl groups excluding tert-OH is 1. The fourth-order valence-corrected chi connectivity index (χ4v) is 2.11. The number of hydrogen-bond donors (Lipinski definition) is 2. The van der Waals surface area contributed by atoms with E-state index >= 15 is 0 Å². The van der Waals surface area contributed by atoms with E-state index in [0.29, 0.717) is 19.4 Å². The van der Waals surface area contributed by atoms with Gasteiger partial charge in [-0.3, -0.25) is 0 Å². The average Bonchev–Trinajstić information content (AvgIpc) is 2.79. The molecule has 1 rings (SSSR count). The van der Waals surface area contributed by atoms with Crippen LogP contribution in [0.2, 0.25) is 0 Å². The summed E-state index contributed by atoms with van der Waals surface area (Å²) in [7, 11) is 3.11. The van der Waals surface area contributed by atoms with Gasteiger partial charge in [-0.15, -0.1) is 0 Å². The zero-order valence-electron chi connectivity index (χ0n) is 11.6. The summed E-state index contributed by atoms with van der Waals surface area (Å²) in [6.07, 6.45) is 0.0367. The molecule has 1 fully saturated rings. The summed E-state index contributed by atoms with van der Waals surface area (Å²) in [6, 6.07) is -1.18. The predicted octanol–water partition coefficient (Wildman–Crippen LogP) is -0.0170. The van der Waals surface area contributed by atoms with Crippen molar-refractivity contribution in [2.24, 2.45) is 0 Å². The highest BCUT2D eigenvalue weighted by molar-refractivity contribution is 5.83. The van der Waals surface area contributed by atoms with Crippen LogP contribution in [-0.4, -0.2) is 77.5 Å². The van der Waals surface area contributed by atoms with Gasteiger partial charge >= 0.3 is 12.0 Å². The number of likely N-dealkylation sites (tertiary alicyclic amines) is 1. The fourth-order valence-electron chi connectivity index (χ4n) is 2.11. The van der Waals surface area contributed by atoms with Crippen molar-refractivity contribution in [1.29, 1.82) is 0 Å². The van der Waals surface area contributed by atoms with Crippen molar-refractivity contribution in [3.05, 3.63) is 0 Å². The predicted molar refractivity (Wildman–Crippen MR) is 67.9 cm³/mol. The molecule has 7 heteroatoms. The maximum Gasteiger partial charge on any atom is 0.326 e. The summed E-state index contributed by atoms with van der Waals surface area (Å²) in [6.45, 7) is 2.32. The van der Waals surface area contributed by atoms with Gasteiger partial charge in [-0.1, -0.05) is 0 Å². The lowest BCUT2D eigenvalue weighted by Crippen LogP contribution is -2.47. The summed E-state index contributed by atoms with van der Waals surface area (Å²) in [5, 5.41) is 18.3. The molecule has 0 aromatic heterocycles. The number of aliphatic carboxylic acids is 1. The third-order valence-electron chi connectivity index (χ3n) is 3.34. The number of carbonyl (C=O) groups is 2. The first-order chi connectivity index (χ1) is 8.86. The van der Waals surface area contributed by atoms with E-state index in [4.69, 9.17) is 9.84 Å². The fraction of sp³-hybridized carbons (Fsp3) is 0.833. The van der Waals surface area contributed by atoms with Crippen LogP contribution in [-0.2, 0) is 9.53 Å². The number of amides is 2. The van der Waals surface area contributed by atoms with Crippen LogP contribution in [0.3, 0.4) is 0 Å². The van der Waals surface area contributed by atoms with E-state index in [2.05, 4.69) is 0 Å². The van der Waals surface area contributed by atoms with Crippen LogP contribution in [0.15, 0.2) is 0 Å². The Labute approximate surface area is 112 Å². The Morgan fingerprint density at radius 3 is 2.63 bits per heavy atom. The molecule has 1 saturated heterocycles. The lowest BCUT2D eigenvalue weighted by atomic mass is 10.2. The quantitative estimate of drug-likeness (QED) is 0.735. The molecule has 7 nitrogen and oxygen atoms in total. The molecule has 3 unspecified atom stereocenters. The van der Waals surface area contributed by atoms with Crippen molar-refractivity contribution in [2.75, 3.05) is 27.2 Å². The molecule has 0 aromatic carbocycles. The van der Waals surface area contributed by atoms with Gasteiger partial charge in [0.1, 0.15) is 6.04 Å². The van der Waals surface area contributed by atoms with E-state index in [1.54, 1.807) is 14.0 Å². The molecule has 0 aromatic rings. The van der Waals surface area contributed by atoms with Gasteiger partial charge in [-0.25, -0.2) is 9.59 Å². The third-order valence-corrected chi connectivity index (χ3v) is 3.34. The molecule has 2 amide bonds. The minimum atomic E-state index is -1.02. The van der Waals surface area contributed by atoms with E-state index in [1.165, 1.54) is 16.9 Å². The number of rotatable bonds is 5. The molecule has 0 radical (unpaired) electrons. The first kappa shape index (κ1) is 15.7. The Bertz CT molecular complexity index is 334. The number of nitrogens with zero attached hydrogens (tertiary/aromatic N) is 2. The molecule has 19 heavy (non-hydrogen) atoms. The largest absolute Gasteiger partial charge is 0.480 e. The first-order valence-electron chi connectivity index (χ1n) is 6.32. The van der Waals surface area contributed by atoms with Gasteiger partial charge in [0.25, 0.3) is 0 Å². The molecule has 0 saturated carbocycles. The Morgan fingerprint density at radius 1 is 1.53 bits per heavy atom. The summed E-state index contributed by atoms with van der Waals surface area (Å²) in [4.78, 5) is 26.1. The third kappa shape index (κ3) is 4.07. The maximum absolute atomic E-state index is 12.2. The SMILES string of the molecule is COC1CC(C(=O)O)N(C(=O)N(C)CCC(C)O)C1. The second-order valence-corrected chi connectivity index (χ2v) is 4.94. The number of methoxy groups -OCH3 is 1. The molecule has 1 aliphatic heterocycles. The number of ether oxygens (including phenoxy) is 1. The number of carbonyl (C=O) groups excluding carboxylic acids is 1. The van der Waals surface area contributed by atoms with Crippen LogP contribution < -0.4 is 0 Å². The van der Waals surface area contributed by atoms with Gasteiger partial charge in [0.15, 0.2) is 0 Å². The maximum atomic E-state index is 12.2. The Morgan fingerprint density at radius 2 is 2.16 bits per heavy atom. The van der Waals surface area contributed by atoms with Gasteiger partial charge < -0.3 is 24.7 Å². The number of aliphatic hydroxyl groups is 1. The molecule has 0 bridgehead atoms. The van der Waals surface area contributed by atoms with E-state index < -0.39 is 18.1 Å². The highest BCUT2D eigenvalue weighted by Gasteiger charge is 2.40. The van der Waals surface area contributed by atoms with E-state index in [1.807, 2.05) is 0 Å². The summed E-state index contributed by atoms with van der Waals surface area (Å²) >= 11 is 0. The van der Waals surface area contributed by atoms with Gasteiger partial charge in [-0.2, -0.15) is 0 Å². The van der Waals surface area contributed by atoms with Gasteiger partial charge in [0, 0.05) is 33.7 Å². The van der Waals surface area contributed by atoms with Crippen molar-refractivity contribution < 1.29 is 24.5 Å². The minimum absolute atomic E-state index is 0.241. The second kappa shape index (κ2) is 6.72. The molecule has 3 atom stereocenters. The van der Waals surface area contributed by atoms with Crippen LogP contribution in [0.25, 0.3) is 0 Å². The molecular weight excluding hydrogens is 252 g/mol. The second-order valence-electron chi connectivity index (χ2n) is 4.94. The van der Waals surface area contributed by atoms with Gasteiger partial charge in [0.05, 0.1) is 12.2 Å². The van der Waals surface area contributed by atoms with Crippen LogP contribution in [0.1, 0.15) is 19.8 Å². The molecule has 110 valence electrons. The van der Waals surface area contributed by atoms with Crippen molar-refractivity contribution in [2.45, 2.75) is 38.0 Å². The topological polar surface area (TPSA) is 90.3 Å². The molecular formula is C12H22N2O5. The zero-order chi connectivity index (χ0) is 14.6. The summed E-state index contributed by atoms with van der Waals surface area (Å²) in [5.74, 6) is -1.02. The number of carboxylic acids is 1. The Kier molecular flexibility index (Phi) is 5.56. The van der Waals surface area contributed by atoms with Crippen molar-refractivity contribution in [1.82, 2.24) is 9.80 Å². The van der Waals surface area contributed by atoms with Crippen molar-refractivity contribution in [3.63, 3.8) is 0 Å². The van der Waals surface area contributed by atoms with Gasteiger partial charge in [-0.05, 0) is 13.3 Å². The summed E-state index contributed by atoms with van der Waals surface area (Å²) < 4.78 is 5.13. The number of carboxylic acid groups (broad SMARTS) is 1. The molecule has 0 spiro atoms. The monoisotopic (exact) mass is 274 g/mol. The van der Waals surface area contributed by atoms with Crippen molar-refractivity contribution >= 4 is 12.0 Å². The van der Waals surface area contributed by atoms with Crippen LogP contribution in [0.5, 0.6) is 0 Å². The van der Waals surface area contributed by atoms with Crippen LogP contribution in [0.4, 0.5) is 4.79 Å². The van der Waals surface area contributed by atoms with Gasteiger partial charge in [0.2, 0.25) is 0 Å². The number of urea groups is 1. The highest BCUT2D eigenvalue weighted by atomic mass is 16.5. The molecule has 0 aliphatic carbocycles. The average molecular weight is 274 g/mol. The van der Waals surface area contributed by atoms with Crippen LogP contribution in [0, 0.1) is 0 Å². The molecule has 1 aliphatic rings. The lowest BCUT2D eigenvalue weighted by molar-refractivity contribution is -0.141. The Balaban J connectivity index is 2.65. The smallest absolute Gasteiger partial charge is 0.326 e. The normalized spacial score (nSPS) is 24.3. The summed E-state index contributed by atoms with van der Waals surface area (Å²) in [5.41, 5.74) is 0. The van der Waals surface area contributed by atoms with E-state index in [9.17, 15) is 14.7 Å². The Hall–Kier alpha value is -1.34. The van der Waals surface area contributed by atoms with Crippen molar-refractivity contribution in [3.8, 4) is 0 Å². The lowest BCUT2D eigenvalue weighted by Gasteiger charge is -2.27. The minimum Gasteiger partial charge on any atom is -0.480 e. The molecule has 1 heterocycles. The standard InChI is InChI=1S/C12H22N2O5/c1-8(15)4-5-13(2)12(18)14-7-9(19-3)6-10(14)11(16)17/h8-10,15H,4-7H2,1-3H3,(H,16,17). The number of hydrogen-bond acceptors (Lipinski definition) is 4. The van der Waals surface area contributed by atoms with E-state index in [-0.39, 0.29) is 18.7 Å². The first-order valence-corrected chi connectivity index (χ1v) is 6.32. The van der Waals surface area contributed by atoms with Crippen LogP contribution >= 0.6 is 0 Å². The zero-order valence-corrected chi connectivity index (χ0v) is 11.6. The van der Waals surface area contributed by atoms with E-state index in [0.717, 1.165) is 0 Å². The molecule has 2 N–H and O–H groups in total.